The number of aryl methyl sites for hydroxylation is 1. The lowest BCUT2D eigenvalue weighted by atomic mass is 10.0. The Morgan fingerprint density at radius 1 is 1.14 bits per heavy atom. The van der Waals surface area contributed by atoms with Gasteiger partial charge in [0.25, 0.3) is 6.04 Å². The van der Waals surface area contributed by atoms with Crippen LogP contribution < -0.4 is 4.57 Å². The fourth-order valence-electron chi connectivity index (χ4n) is 2.73. The predicted molar refractivity (Wildman–Crippen MR) is 85.4 cm³/mol. The Morgan fingerprint density at radius 3 is 2.38 bits per heavy atom. The van der Waals surface area contributed by atoms with Gasteiger partial charge >= 0.3 is 5.97 Å². The van der Waals surface area contributed by atoms with E-state index in [9.17, 15) is 9.90 Å². The molecular weight excluding hydrogens is 262 g/mol. The van der Waals surface area contributed by atoms with Gasteiger partial charge in [0.05, 0.1) is 0 Å². The minimum atomic E-state index is -0.723. The number of carboxylic acids is 1. The lowest BCUT2D eigenvalue weighted by molar-refractivity contribution is -0.717. The van der Waals surface area contributed by atoms with Crippen LogP contribution in [0.5, 0.6) is 0 Å². The highest BCUT2D eigenvalue weighted by molar-refractivity contribution is 5.69. The monoisotopic (exact) mass is 292 g/mol. The second kappa shape index (κ2) is 9.54. The highest BCUT2D eigenvalue weighted by atomic mass is 16.4. The zero-order valence-corrected chi connectivity index (χ0v) is 13.8. The maximum absolute atomic E-state index is 11.5. The van der Waals surface area contributed by atoms with Crippen molar-refractivity contribution in [2.75, 3.05) is 0 Å². The van der Waals surface area contributed by atoms with E-state index in [0.29, 0.717) is 0 Å². The Bertz CT molecular complexity index is 443. The Kier molecular flexibility index (Phi) is 8.03. The van der Waals surface area contributed by atoms with Crippen LogP contribution >= 0.6 is 0 Å². The van der Waals surface area contributed by atoms with Gasteiger partial charge < -0.3 is 5.11 Å². The smallest absolute Gasteiger partial charge is 0.373 e. The van der Waals surface area contributed by atoms with E-state index in [1.165, 1.54) is 32.1 Å². The first-order chi connectivity index (χ1) is 10.1. The van der Waals surface area contributed by atoms with Crippen molar-refractivity contribution in [2.45, 2.75) is 78.2 Å². The second-order valence-corrected chi connectivity index (χ2v) is 5.95. The van der Waals surface area contributed by atoms with Crippen molar-refractivity contribution >= 4 is 5.97 Å². The summed E-state index contributed by atoms with van der Waals surface area (Å²) in [5, 5.41) is 9.49. The molecule has 0 spiro atoms. The quantitative estimate of drug-likeness (QED) is 0.514. The lowest BCUT2D eigenvalue weighted by Gasteiger charge is -2.11. The van der Waals surface area contributed by atoms with Gasteiger partial charge in [-0.05, 0) is 19.4 Å². The molecule has 118 valence electrons. The molecule has 1 aromatic rings. The van der Waals surface area contributed by atoms with Gasteiger partial charge in [0, 0.05) is 25.0 Å². The van der Waals surface area contributed by atoms with Crippen LogP contribution in [0.25, 0.3) is 0 Å². The van der Waals surface area contributed by atoms with E-state index < -0.39 is 12.0 Å². The van der Waals surface area contributed by atoms with Gasteiger partial charge in [0.1, 0.15) is 0 Å². The van der Waals surface area contributed by atoms with Gasteiger partial charge in [-0.1, -0.05) is 45.4 Å². The molecule has 1 unspecified atom stereocenters. The first-order valence-corrected chi connectivity index (χ1v) is 8.28. The van der Waals surface area contributed by atoms with Gasteiger partial charge in [-0.15, -0.1) is 0 Å². The molecule has 0 bridgehead atoms. The summed E-state index contributed by atoms with van der Waals surface area (Å²) in [6, 6.07) is 3.53. The molecule has 1 atom stereocenters. The molecule has 3 heteroatoms. The summed E-state index contributed by atoms with van der Waals surface area (Å²) in [5.41, 5.74) is 2.19. The molecule has 0 aliphatic carbocycles. The molecule has 0 saturated carbocycles. The maximum atomic E-state index is 11.5. The Hall–Kier alpha value is -1.38. The van der Waals surface area contributed by atoms with E-state index in [0.717, 1.165) is 30.5 Å². The Labute approximate surface area is 129 Å². The summed E-state index contributed by atoms with van der Waals surface area (Å²) < 4.78 is 1.91. The topological polar surface area (TPSA) is 41.2 Å². The number of rotatable bonds is 10. The maximum Gasteiger partial charge on any atom is 0.373 e. The molecule has 0 amide bonds. The summed E-state index contributed by atoms with van der Waals surface area (Å²) in [4.78, 5) is 11.5. The van der Waals surface area contributed by atoms with Gasteiger partial charge in [0.15, 0.2) is 11.9 Å². The summed E-state index contributed by atoms with van der Waals surface area (Å²) >= 11 is 0. The summed E-state index contributed by atoms with van der Waals surface area (Å²) in [7, 11) is 0. The minimum absolute atomic E-state index is 0.430. The fourth-order valence-corrected chi connectivity index (χ4v) is 2.73. The number of aliphatic carboxylic acids is 1. The lowest BCUT2D eigenvalue weighted by Crippen LogP contribution is -2.46. The van der Waals surface area contributed by atoms with Crippen molar-refractivity contribution in [3.63, 3.8) is 0 Å². The first-order valence-electron chi connectivity index (χ1n) is 8.28. The molecule has 1 aromatic heterocycles. The van der Waals surface area contributed by atoms with Crippen LogP contribution in [0, 0.1) is 13.8 Å². The van der Waals surface area contributed by atoms with Gasteiger partial charge in [-0.3, -0.25) is 0 Å². The molecular formula is C18H30NO2+. The van der Waals surface area contributed by atoms with Crippen molar-refractivity contribution in [1.29, 1.82) is 0 Å². The average Bonchev–Trinajstić information content (AvgIpc) is 2.45. The molecule has 21 heavy (non-hydrogen) atoms. The zero-order valence-electron chi connectivity index (χ0n) is 13.8. The largest absolute Gasteiger partial charge is 0.476 e. The zero-order chi connectivity index (χ0) is 15.7. The van der Waals surface area contributed by atoms with E-state index >= 15 is 0 Å². The van der Waals surface area contributed by atoms with Crippen molar-refractivity contribution in [3.8, 4) is 0 Å². The van der Waals surface area contributed by atoms with E-state index in [2.05, 4.69) is 6.92 Å². The minimum Gasteiger partial charge on any atom is -0.476 e. The van der Waals surface area contributed by atoms with Crippen LogP contribution in [-0.2, 0) is 4.79 Å². The standard InChI is InChI=1S/C18H29NO2/c1-4-5-6-7-8-9-10-13-17(18(20)21)19-14-11-12-15(2)16(19)3/h11-12,14,17H,4-10,13H2,1-3H3/p+1. The highest BCUT2D eigenvalue weighted by Gasteiger charge is 2.28. The number of aromatic nitrogens is 1. The molecule has 0 saturated heterocycles. The molecule has 0 radical (unpaired) electrons. The Morgan fingerprint density at radius 2 is 1.76 bits per heavy atom. The summed E-state index contributed by atoms with van der Waals surface area (Å²) in [6.45, 7) is 6.24. The summed E-state index contributed by atoms with van der Waals surface area (Å²) in [5.74, 6) is -0.723. The van der Waals surface area contributed by atoms with E-state index in [-0.39, 0.29) is 0 Å². The van der Waals surface area contributed by atoms with Crippen LogP contribution in [0.2, 0.25) is 0 Å². The number of unbranched alkanes of at least 4 members (excludes halogenated alkanes) is 6. The van der Waals surface area contributed by atoms with E-state index in [1.807, 2.05) is 36.7 Å². The van der Waals surface area contributed by atoms with Crippen molar-refractivity contribution < 1.29 is 14.5 Å². The van der Waals surface area contributed by atoms with Gasteiger partial charge in [-0.25, -0.2) is 4.79 Å². The first kappa shape index (κ1) is 17.7. The molecule has 0 aliphatic heterocycles. The molecule has 1 N–H and O–H groups in total. The Balaban J connectivity index is 2.48. The van der Waals surface area contributed by atoms with Gasteiger partial charge in [0.2, 0.25) is 0 Å². The third-order valence-corrected chi connectivity index (χ3v) is 4.25. The van der Waals surface area contributed by atoms with Crippen LogP contribution in [0.15, 0.2) is 18.3 Å². The summed E-state index contributed by atoms with van der Waals surface area (Å²) in [6.07, 6.45) is 11.1. The van der Waals surface area contributed by atoms with E-state index in [1.54, 1.807) is 0 Å². The number of pyridine rings is 1. The van der Waals surface area contributed by atoms with Gasteiger partial charge in [-0.2, -0.15) is 4.57 Å². The third-order valence-electron chi connectivity index (χ3n) is 4.25. The number of hydrogen-bond donors (Lipinski definition) is 1. The average molecular weight is 292 g/mol. The molecule has 0 aromatic carbocycles. The number of carbonyl (C=O) groups is 1. The highest BCUT2D eigenvalue weighted by Crippen LogP contribution is 2.15. The van der Waals surface area contributed by atoms with Crippen molar-refractivity contribution in [2.24, 2.45) is 0 Å². The van der Waals surface area contributed by atoms with Crippen LogP contribution in [0.1, 0.15) is 75.6 Å². The third kappa shape index (κ3) is 5.86. The number of nitrogens with zero attached hydrogens (tertiary/aromatic N) is 1. The van der Waals surface area contributed by atoms with E-state index in [4.69, 9.17) is 0 Å². The van der Waals surface area contributed by atoms with Crippen LogP contribution in [0.3, 0.4) is 0 Å². The molecule has 3 nitrogen and oxygen atoms in total. The number of hydrogen-bond acceptors (Lipinski definition) is 1. The second-order valence-electron chi connectivity index (χ2n) is 5.95. The fraction of sp³-hybridized carbons (Fsp3) is 0.667. The SMILES string of the molecule is CCCCCCCCCC(C(=O)O)[n+]1cccc(C)c1C. The molecule has 0 fully saturated rings. The molecule has 1 rings (SSSR count). The predicted octanol–water partition coefficient (Wildman–Crippen LogP) is 4.36. The molecule has 1 heterocycles. The van der Waals surface area contributed by atoms with Crippen molar-refractivity contribution in [3.05, 3.63) is 29.6 Å². The normalized spacial score (nSPS) is 12.3. The van der Waals surface area contributed by atoms with Crippen LogP contribution in [0.4, 0.5) is 0 Å². The molecule has 0 aliphatic rings. The van der Waals surface area contributed by atoms with Crippen molar-refractivity contribution in [1.82, 2.24) is 0 Å². The van der Waals surface area contributed by atoms with Crippen LogP contribution in [-0.4, -0.2) is 11.1 Å². The number of carboxylic acid groups (broad SMARTS) is 1.